The number of H-pyrrole nitrogens is 1. The SMILES string of the molecule is CCCc1cc(C(=O)NCc2ccc(CN3CCN(C)CC3)cc2)n[nH]1. The molecule has 0 aliphatic carbocycles. The molecule has 0 saturated carbocycles. The molecule has 1 aliphatic heterocycles. The molecule has 1 amide bonds. The third-order valence-corrected chi connectivity index (χ3v) is 4.86. The molecule has 1 aromatic carbocycles. The fraction of sp³-hybridized carbons (Fsp3) is 0.500. The van der Waals surface area contributed by atoms with Crippen LogP contribution in [-0.4, -0.2) is 59.1 Å². The van der Waals surface area contributed by atoms with Crippen LogP contribution in [-0.2, 0) is 19.5 Å². The average molecular weight is 355 g/mol. The predicted molar refractivity (Wildman–Crippen MR) is 103 cm³/mol. The molecule has 6 nitrogen and oxygen atoms in total. The zero-order valence-electron chi connectivity index (χ0n) is 15.8. The van der Waals surface area contributed by atoms with E-state index in [-0.39, 0.29) is 5.91 Å². The fourth-order valence-electron chi connectivity index (χ4n) is 3.17. The maximum atomic E-state index is 12.2. The van der Waals surface area contributed by atoms with Crippen LogP contribution in [0.2, 0.25) is 0 Å². The van der Waals surface area contributed by atoms with Crippen LogP contribution in [0.4, 0.5) is 0 Å². The molecule has 1 saturated heterocycles. The summed E-state index contributed by atoms with van der Waals surface area (Å²) < 4.78 is 0. The van der Waals surface area contributed by atoms with Gasteiger partial charge >= 0.3 is 0 Å². The van der Waals surface area contributed by atoms with Crippen molar-refractivity contribution in [2.24, 2.45) is 0 Å². The second-order valence-corrected chi connectivity index (χ2v) is 7.11. The number of benzene rings is 1. The largest absolute Gasteiger partial charge is 0.347 e. The van der Waals surface area contributed by atoms with Crippen molar-refractivity contribution in [2.75, 3.05) is 33.2 Å². The molecule has 3 rings (SSSR count). The quantitative estimate of drug-likeness (QED) is 0.798. The standard InChI is InChI=1S/C20H29N5O/c1-3-4-18-13-19(23-22-18)20(26)21-14-16-5-7-17(8-6-16)15-25-11-9-24(2)10-12-25/h5-8,13H,3-4,9-12,14-15H2,1-2H3,(H,21,26)(H,22,23). The van der Waals surface area contributed by atoms with E-state index in [4.69, 9.17) is 0 Å². The summed E-state index contributed by atoms with van der Waals surface area (Å²) in [6.07, 6.45) is 1.94. The molecule has 1 aromatic heterocycles. The van der Waals surface area contributed by atoms with Crippen LogP contribution in [0.5, 0.6) is 0 Å². The molecule has 0 unspecified atom stereocenters. The number of carbonyl (C=O) groups is 1. The summed E-state index contributed by atoms with van der Waals surface area (Å²) in [4.78, 5) is 17.0. The van der Waals surface area contributed by atoms with Crippen molar-refractivity contribution in [3.8, 4) is 0 Å². The molecular weight excluding hydrogens is 326 g/mol. The second kappa shape index (κ2) is 8.96. The lowest BCUT2D eigenvalue weighted by Crippen LogP contribution is -2.43. The molecule has 2 N–H and O–H groups in total. The van der Waals surface area contributed by atoms with Crippen LogP contribution < -0.4 is 5.32 Å². The van der Waals surface area contributed by atoms with Crippen LogP contribution in [0.3, 0.4) is 0 Å². The van der Waals surface area contributed by atoms with Gasteiger partial charge in [0, 0.05) is 45.0 Å². The van der Waals surface area contributed by atoms with E-state index in [1.807, 2.05) is 6.07 Å². The molecule has 2 heterocycles. The number of piperazine rings is 1. The van der Waals surface area contributed by atoms with E-state index >= 15 is 0 Å². The molecule has 0 radical (unpaired) electrons. The van der Waals surface area contributed by atoms with Gasteiger partial charge in [-0.2, -0.15) is 5.10 Å². The topological polar surface area (TPSA) is 64.3 Å². The molecule has 1 fully saturated rings. The van der Waals surface area contributed by atoms with Crippen molar-refractivity contribution in [2.45, 2.75) is 32.9 Å². The summed E-state index contributed by atoms with van der Waals surface area (Å²) in [5.74, 6) is -0.134. The molecule has 6 heteroatoms. The number of nitrogens with zero attached hydrogens (tertiary/aromatic N) is 3. The zero-order chi connectivity index (χ0) is 18.4. The van der Waals surface area contributed by atoms with Crippen molar-refractivity contribution in [3.05, 3.63) is 52.8 Å². The number of likely N-dealkylation sites (N-methyl/N-ethyl adjacent to an activating group) is 1. The lowest BCUT2D eigenvalue weighted by atomic mass is 10.1. The lowest BCUT2D eigenvalue weighted by molar-refractivity contribution is 0.0946. The first-order valence-electron chi connectivity index (χ1n) is 9.45. The summed E-state index contributed by atoms with van der Waals surface area (Å²) in [7, 11) is 2.17. The van der Waals surface area contributed by atoms with Crippen LogP contribution in [0, 0.1) is 0 Å². The Kier molecular flexibility index (Phi) is 6.41. The summed E-state index contributed by atoms with van der Waals surface area (Å²) in [5.41, 5.74) is 3.89. The molecule has 0 spiro atoms. The minimum atomic E-state index is -0.134. The Balaban J connectivity index is 1.47. The first-order valence-corrected chi connectivity index (χ1v) is 9.45. The van der Waals surface area contributed by atoms with Gasteiger partial charge in [0.25, 0.3) is 5.91 Å². The normalized spacial score (nSPS) is 15.9. The Morgan fingerprint density at radius 2 is 1.85 bits per heavy atom. The predicted octanol–water partition coefficient (Wildman–Crippen LogP) is 2.04. The fourth-order valence-corrected chi connectivity index (χ4v) is 3.17. The number of aromatic amines is 1. The Morgan fingerprint density at radius 3 is 2.54 bits per heavy atom. The first kappa shape index (κ1) is 18.6. The molecule has 26 heavy (non-hydrogen) atoms. The van der Waals surface area contributed by atoms with Crippen LogP contribution >= 0.6 is 0 Å². The van der Waals surface area contributed by atoms with E-state index in [0.717, 1.165) is 56.8 Å². The molecule has 1 aliphatic rings. The highest BCUT2D eigenvalue weighted by Gasteiger charge is 2.14. The van der Waals surface area contributed by atoms with Crippen LogP contribution in [0.25, 0.3) is 0 Å². The minimum Gasteiger partial charge on any atom is -0.347 e. The van der Waals surface area contributed by atoms with E-state index in [1.54, 1.807) is 0 Å². The highest BCUT2D eigenvalue weighted by atomic mass is 16.1. The minimum absolute atomic E-state index is 0.134. The number of hydrogen-bond acceptors (Lipinski definition) is 4. The number of carbonyl (C=O) groups excluding carboxylic acids is 1. The van der Waals surface area contributed by atoms with E-state index in [1.165, 1.54) is 5.56 Å². The Labute approximate surface area is 155 Å². The van der Waals surface area contributed by atoms with Gasteiger partial charge in [-0.15, -0.1) is 0 Å². The number of aromatic nitrogens is 2. The molecule has 2 aromatic rings. The van der Waals surface area contributed by atoms with E-state index in [0.29, 0.717) is 12.2 Å². The number of rotatable bonds is 7. The maximum Gasteiger partial charge on any atom is 0.272 e. The van der Waals surface area contributed by atoms with Gasteiger partial charge in [0.05, 0.1) is 0 Å². The van der Waals surface area contributed by atoms with E-state index < -0.39 is 0 Å². The van der Waals surface area contributed by atoms with Gasteiger partial charge in [-0.3, -0.25) is 14.8 Å². The van der Waals surface area contributed by atoms with Crippen molar-refractivity contribution in [1.82, 2.24) is 25.3 Å². The van der Waals surface area contributed by atoms with Gasteiger partial charge in [0.15, 0.2) is 0 Å². The van der Waals surface area contributed by atoms with Crippen molar-refractivity contribution in [1.29, 1.82) is 0 Å². The van der Waals surface area contributed by atoms with E-state index in [9.17, 15) is 4.79 Å². The van der Waals surface area contributed by atoms with Crippen LogP contribution in [0.1, 0.15) is 40.7 Å². The molecule has 0 bridgehead atoms. The molecular formula is C20H29N5O. The van der Waals surface area contributed by atoms with Gasteiger partial charge in [-0.05, 0) is 30.7 Å². The number of aryl methyl sites for hydroxylation is 1. The average Bonchev–Trinajstić information content (AvgIpc) is 3.12. The van der Waals surface area contributed by atoms with Crippen molar-refractivity contribution in [3.63, 3.8) is 0 Å². The Bertz CT molecular complexity index is 701. The monoisotopic (exact) mass is 355 g/mol. The summed E-state index contributed by atoms with van der Waals surface area (Å²) in [5, 5.41) is 9.94. The highest BCUT2D eigenvalue weighted by molar-refractivity contribution is 5.92. The third-order valence-electron chi connectivity index (χ3n) is 4.86. The van der Waals surface area contributed by atoms with Gasteiger partial charge in [0.1, 0.15) is 5.69 Å². The lowest BCUT2D eigenvalue weighted by Gasteiger charge is -2.32. The molecule has 140 valence electrons. The maximum absolute atomic E-state index is 12.2. The summed E-state index contributed by atoms with van der Waals surface area (Å²) in [6, 6.07) is 10.3. The number of amides is 1. The van der Waals surface area contributed by atoms with Crippen molar-refractivity contribution >= 4 is 5.91 Å². The summed E-state index contributed by atoms with van der Waals surface area (Å²) in [6.45, 7) is 8.13. The zero-order valence-corrected chi connectivity index (χ0v) is 15.8. The van der Waals surface area contributed by atoms with Crippen LogP contribution in [0.15, 0.2) is 30.3 Å². The third kappa shape index (κ3) is 5.16. The van der Waals surface area contributed by atoms with Gasteiger partial charge < -0.3 is 10.2 Å². The van der Waals surface area contributed by atoms with Gasteiger partial charge in [-0.1, -0.05) is 37.6 Å². The Hall–Kier alpha value is -2.18. The van der Waals surface area contributed by atoms with Crippen molar-refractivity contribution < 1.29 is 4.79 Å². The Morgan fingerprint density at radius 1 is 1.15 bits per heavy atom. The van der Waals surface area contributed by atoms with Gasteiger partial charge in [0.2, 0.25) is 0 Å². The molecule has 0 atom stereocenters. The highest BCUT2D eigenvalue weighted by Crippen LogP contribution is 2.10. The first-order chi connectivity index (χ1) is 12.6. The second-order valence-electron chi connectivity index (χ2n) is 7.11. The van der Waals surface area contributed by atoms with Gasteiger partial charge in [-0.25, -0.2) is 0 Å². The van der Waals surface area contributed by atoms with E-state index in [2.05, 4.69) is 63.6 Å². The number of nitrogens with one attached hydrogen (secondary N) is 2. The smallest absolute Gasteiger partial charge is 0.272 e. The number of hydrogen-bond donors (Lipinski definition) is 2. The summed E-state index contributed by atoms with van der Waals surface area (Å²) >= 11 is 0.